The average Bonchev–Trinajstić information content (AvgIpc) is 2.29. The van der Waals surface area contributed by atoms with Crippen molar-refractivity contribution in [3.05, 3.63) is 33.9 Å². The number of non-ortho nitro benzene ring substituents is 1. The van der Waals surface area contributed by atoms with E-state index >= 15 is 0 Å². The second kappa shape index (κ2) is 6.58. The molecule has 0 aromatic heterocycles. The van der Waals surface area contributed by atoms with Gasteiger partial charge in [0, 0.05) is 28.9 Å². The second-order valence-corrected chi connectivity index (χ2v) is 5.13. The molecule has 1 rings (SSSR count). The van der Waals surface area contributed by atoms with E-state index in [2.05, 4.69) is 0 Å². The normalized spacial score (nSPS) is 12.4. The Hall–Kier alpha value is -1.11. The minimum atomic E-state index is -0.481. The van der Waals surface area contributed by atoms with Crippen LogP contribution in [0.1, 0.15) is 18.9 Å². The van der Waals surface area contributed by atoms with Crippen molar-refractivity contribution in [1.82, 2.24) is 0 Å². The molecule has 17 heavy (non-hydrogen) atoms. The number of nitro benzene ring substituents is 1. The van der Waals surface area contributed by atoms with E-state index in [1.165, 1.54) is 23.9 Å². The molecule has 6 heteroatoms. The van der Waals surface area contributed by atoms with E-state index in [4.69, 9.17) is 5.11 Å². The summed E-state index contributed by atoms with van der Waals surface area (Å²) < 4.78 is 0. The fraction of sp³-hybridized carbons (Fsp3) is 0.455. The van der Waals surface area contributed by atoms with Crippen LogP contribution in [0.5, 0.6) is 0 Å². The molecular formula is C11H15NO4S. The fourth-order valence-electron chi connectivity index (χ4n) is 1.38. The average molecular weight is 257 g/mol. The second-order valence-electron chi connectivity index (χ2n) is 3.65. The number of thioether (sulfide) groups is 1. The SMILES string of the molecule is CC(CCO)Sc1ccc([N+](=O)[O-])cc1CO. The molecule has 0 aliphatic carbocycles. The van der Waals surface area contributed by atoms with Gasteiger partial charge >= 0.3 is 0 Å². The minimum Gasteiger partial charge on any atom is -0.396 e. The summed E-state index contributed by atoms with van der Waals surface area (Å²) in [6, 6.07) is 4.45. The summed E-state index contributed by atoms with van der Waals surface area (Å²) in [6.07, 6.45) is 0.645. The highest BCUT2D eigenvalue weighted by atomic mass is 32.2. The summed E-state index contributed by atoms with van der Waals surface area (Å²) in [5.74, 6) is 0. The third-order valence-electron chi connectivity index (χ3n) is 2.29. The van der Waals surface area contributed by atoms with E-state index in [1.807, 2.05) is 6.92 Å². The molecular weight excluding hydrogens is 242 g/mol. The third kappa shape index (κ3) is 3.99. The maximum atomic E-state index is 10.6. The minimum absolute atomic E-state index is 0.0202. The number of aliphatic hydroxyl groups excluding tert-OH is 2. The molecule has 1 aromatic rings. The van der Waals surface area contributed by atoms with E-state index < -0.39 is 4.92 Å². The summed E-state index contributed by atoms with van der Waals surface area (Å²) in [5, 5.41) is 28.8. The fourth-order valence-corrected chi connectivity index (χ4v) is 2.45. The van der Waals surface area contributed by atoms with Crippen LogP contribution >= 0.6 is 11.8 Å². The first-order valence-corrected chi connectivity index (χ1v) is 6.12. The predicted molar refractivity (Wildman–Crippen MR) is 66.0 cm³/mol. The van der Waals surface area contributed by atoms with Crippen LogP contribution in [0.2, 0.25) is 0 Å². The lowest BCUT2D eigenvalue weighted by Crippen LogP contribution is -2.01. The summed E-state index contributed by atoms with van der Waals surface area (Å²) in [5.41, 5.74) is 0.530. The molecule has 0 heterocycles. The Kier molecular flexibility index (Phi) is 5.40. The first-order chi connectivity index (χ1) is 8.08. The zero-order chi connectivity index (χ0) is 12.8. The number of aliphatic hydroxyl groups is 2. The van der Waals surface area contributed by atoms with E-state index in [1.54, 1.807) is 6.07 Å². The van der Waals surface area contributed by atoms with Gasteiger partial charge in [-0.1, -0.05) is 6.92 Å². The smallest absolute Gasteiger partial charge is 0.269 e. The van der Waals surface area contributed by atoms with Crippen LogP contribution in [0.15, 0.2) is 23.1 Å². The van der Waals surface area contributed by atoms with E-state index in [-0.39, 0.29) is 24.2 Å². The van der Waals surface area contributed by atoms with Crippen molar-refractivity contribution in [3.8, 4) is 0 Å². The molecule has 0 fully saturated rings. The van der Waals surface area contributed by atoms with Crippen molar-refractivity contribution in [2.75, 3.05) is 6.61 Å². The molecule has 5 nitrogen and oxygen atoms in total. The Labute approximate surface area is 104 Å². The summed E-state index contributed by atoms with van der Waals surface area (Å²) in [4.78, 5) is 10.9. The van der Waals surface area contributed by atoms with Crippen LogP contribution < -0.4 is 0 Å². The Morgan fingerprint density at radius 2 is 2.18 bits per heavy atom. The Bertz CT molecular complexity index is 397. The first-order valence-electron chi connectivity index (χ1n) is 5.24. The van der Waals surface area contributed by atoms with Gasteiger partial charge in [-0.25, -0.2) is 0 Å². The van der Waals surface area contributed by atoms with Gasteiger partial charge in [-0.05, 0) is 18.1 Å². The molecule has 2 N–H and O–H groups in total. The van der Waals surface area contributed by atoms with Crippen LogP contribution in [0.25, 0.3) is 0 Å². The summed E-state index contributed by atoms with van der Waals surface area (Å²) in [7, 11) is 0. The van der Waals surface area contributed by atoms with E-state index in [9.17, 15) is 15.2 Å². The van der Waals surface area contributed by atoms with Gasteiger partial charge in [0.05, 0.1) is 11.5 Å². The summed E-state index contributed by atoms with van der Waals surface area (Å²) >= 11 is 1.50. The number of hydrogen-bond acceptors (Lipinski definition) is 5. The molecule has 0 amide bonds. The van der Waals surface area contributed by atoms with Crippen molar-refractivity contribution >= 4 is 17.4 Å². The van der Waals surface area contributed by atoms with Crippen LogP contribution in [-0.4, -0.2) is 27.0 Å². The quantitative estimate of drug-likeness (QED) is 0.462. The van der Waals surface area contributed by atoms with Gasteiger partial charge in [0.1, 0.15) is 0 Å². The van der Waals surface area contributed by atoms with Gasteiger partial charge in [-0.2, -0.15) is 0 Å². The lowest BCUT2D eigenvalue weighted by atomic mass is 10.2. The monoisotopic (exact) mass is 257 g/mol. The summed E-state index contributed by atoms with van der Waals surface area (Å²) in [6.45, 7) is 1.84. The number of nitrogens with zero attached hydrogens (tertiary/aromatic N) is 1. The largest absolute Gasteiger partial charge is 0.396 e. The van der Waals surface area contributed by atoms with Gasteiger partial charge in [0.2, 0.25) is 0 Å². The first kappa shape index (κ1) is 14.0. The highest BCUT2D eigenvalue weighted by Crippen LogP contribution is 2.30. The van der Waals surface area contributed by atoms with Crippen molar-refractivity contribution in [3.63, 3.8) is 0 Å². The Morgan fingerprint density at radius 3 is 2.71 bits per heavy atom. The predicted octanol–water partition coefficient (Wildman–Crippen LogP) is 1.95. The van der Waals surface area contributed by atoms with Gasteiger partial charge in [-0.15, -0.1) is 11.8 Å². The van der Waals surface area contributed by atoms with E-state index in [0.29, 0.717) is 12.0 Å². The van der Waals surface area contributed by atoms with Crippen LogP contribution in [0.3, 0.4) is 0 Å². The zero-order valence-corrected chi connectivity index (χ0v) is 10.3. The molecule has 0 spiro atoms. The third-order valence-corrected chi connectivity index (χ3v) is 3.58. The maximum Gasteiger partial charge on any atom is 0.269 e. The lowest BCUT2D eigenvalue weighted by molar-refractivity contribution is -0.385. The molecule has 1 atom stereocenters. The highest BCUT2D eigenvalue weighted by Gasteiger charge is 2.12. The van der Waals surface area contributed by atoms with Crippen molar-refractivity contribution in [2.24, 2.45) is 0 Å². The van der Waals surface area contributed by atoms with Crippen molar-refractivity contribution in [1.29, 1.82) is 0 Å². The molecule has 0 aliphatic heterocycles. The zero-order valence-electron chi connectivity index (χ0n) is 9.50. The Morgan fingerprint density at radius 1 is 1.47 bits per heavy atom. The van der Waals surface area contributed by atoms with Gasteiger partial charge in [-0.3, -0.25) is 10.1 Å². The van der Waals surface area contributed by atoms with Gasteiger partial charge in [0.25, 0.3) is 5.69 Å². The van der Waals surface area contributed by atoms with Crippen LogP contribution in [0.4, 0.5) is 5.69 Å². The maximum absolute atomic E-state index is 10.6. The standard InChI is InChI=1S/C11H15NO4S/c1-8(4-5-13)17-11-3-2-10(12(15)16)6-9(11)7-14/h2-3,6,8,13-14H,4-5,7H2,1H3. The van der Waals surface area contributed by atoms with Gasteiger partial charge < -0.3 is 10.2 Å². The van der Waals surface area contributed by atoms with Crippen molar-refractivity contribution in [2.45, 2.75) is 30.1 Å². The molecule has 1 unspecified atom stereocenters. The van der Waals surface area contributed by atoms with E-state index in [0.717, 1.165) is 4.90 Å². The number of rotatable bonds is 6. The molecule has 94 valence electrons. The molecule has 0 aliphatic rings. The van der Waals surface area contributed by atoms with Gasteiger partial charge in [0.15, 0.2) is 0 Å². The number of benzene rings is 1. The molecule has 0 radical (unpaired) electrons. The molecule has 0 saturated carbocycles. The highest BCUT2D eigenvalue weighted by molar-refractivity contribution is 8.00. The number of nitro groups is 1. The Balaban J connectivity index is 2.88. The molecule has 1 aromatic carbocycles. The molecule has 0 saturated heterocycles. The lowest BCUT2D eigenvalue weighted by Gasteiger charge is -2.12. The van der Waals surface area contributed by atoms with Crippen molar-refractivity contribution < 1.29 is 15.1 Å². The number of hydrogen-bond donors (Lipinski definition) is 2. The topological polar surface area (TPSA) is 83.6 Å². The van der Waals surface area contributed by atoms with Crippen LogP contribution in [-0.2, 0) is 6.61 Å². The molecule has 0 bridgehead atoms. The van der Waals surface area contributed by atoms with Crippen LogP contribution in [0, 0.1) is 10.1 Å².